The first kappa shape index (κ1) is 16.6. The summed E-state index contributed by atoms with van der Waals surface area (Å²) in [6.07, 6.45) is 3.85. The Morgan fingerprint density at radius 1 is 1.29 bits per heavy atom. The molecule has 1 saturated heterocycles. The molecule has 1 atom stereocenters. The third-order valence-corrected chi connectivity index (χ3v) is 5.19. The van der Waals surface area contributed by atoms with Gasteiger partial charge in [-0.25, -0.2) is 0 Å². The minimum atomic E-state index is -0.492. The van der Waals surface area contributed by atoms with E-state index in [4.69, 9.17) is 5.73 Å². The molecule has 24 heavy (non-hydrogen) atoms. The molecule has 2 aromatic rings. The van der Waals surface area contributed by atoms with E-state index in [-0.39, 0.29) is 11.9 Å². The Bertz CT molecular complexity index is 741. The van der Waals surface area contributed by atoms with Crippen LogP contribution >= 0.6 is 11.8 Å². The maximum atomic E-state index is 12.9. The number of benzene rings is 1. The van der Waals surface area contributed by atoms with Gasteiger partial charge in [0, 0.05) is 47.5 Å². The van der Waals surface area contributed by atoms with Crippen LogP contribution in [0.4, 0.5) is 0 Å². The number of rotatable bonds is 4. The number of hydrogen-bond acceptors (Lipinski definition) is 4. The van der Waals surface area contributed by atoms with Crippen molar-refractivity contribution >= 4 is 23.6 Å². The second-order valence-corrected chi connectivity index (χ2v) is 6.81. The number of hydrogen-bond donors (Lipinski definition) is 1. The van der Waals surface area contributed by atoms with Crippen LogP contribution in [-0.4, -0.2) is 44.5 Å². The summed E-state index contributed by atoms with van der Waals surface area (Å²) < 4.78 is 1.87. The van der Waals surface area contributed by atoms with Gasteiger partial charge in [-0.2, -0.15) is 16.9 Å². The summed E-state index contributed by atoms with van der Waals surface area (Å²) in [5, 5.41) is 4.33. The van der Waals surface area contributed by atoms with Crippen LogP contribution in [-0.2, 0) is 6.54 Å². The zero-order chi connectivity index (χ0) is 17.1. The highest BCUT2D eigenvalue weighted by Crippen LogP contribution is 2.30. The SMILES string of the molecule is CCn1cc(C2CSCCN2C(=O)c2ccc(C(N)=O)cc2)cn1. The predicted molar refractivity (Wildman–Crippen MR) is 94.0 cm³/mol. The summed E-state index contributed by atoms with van der Waals surface area (Å²) in [6.45, 7) is 3.54. The van der Waals surface area contributed by atoms with Crippen molar-refractivity contribution in [2.75, 3.05) is 18.1 Å². The number of carbonyl (C=O) groups is 2. The number of aryl methyl sites for hydroxylation is 1. The Hall–Kier alpha value is -2.28. The molecule has 0 spiro atoms. The van der Waals surface area contributed by atoms with Crippen LogP contribution in [0.3, 0.4) is 0 Å². The highest BCUT2D eigenvalue weighted by molar-refractivity contribution is 7.99. The molecule has 1 fully saturated rings. The van der Waals surface area contributed by atoms with E-state index in [2.05, 4.69) is 5.10 Å². The highest BCUT2D eigenvalue weighted by atomic mass is 32.2. The normalized spacial score (nSPS) is 17.7. The van der Waals surface area contributed by atoms with Gasteiger partial charge in [0.1, 0.15) is 0 Å². The summed E-state index contributed by atoms with van der Waals surface area (Å²) in [6, 6.07) is 6.54. The van der Waals surface area contributed by atoms with E-state index in [1.165, 1.54) is 0 Å². The van der Waals surface area contributed by atoms with Gasteiger partial charge in [0.2, 0.25) is 5.91 Å². The summed E-state index contributed by atoms with van der Waals surface area (Å²) in [5.74, 6) is 1.26. The molecule has 0 bridgehead atoms. The average molecular weight is 344 g/mol. The zero-order valence-corrected chi connectivity index (χ0v) is 14.3. The molecule has 1 aromatic carbocycles. The molecule has 6 nitrogen and oxygen atoms in total. The zero-order valence-electron chi connectivity index (χ0n) is 13.5. The quantitative estimate of drug-likeness (QED) is 0.919. The van der Waals surface area contributed by atoms with Crippen LogP contribution in [0.1, 0.15) is 39.2 Å². The van der Waals surface area contributed by atoms with Gasteiger partial charge in [0.05, 0.1) is 12.2 Å². The Morgan fingerprint density at radius 2 is 2.00 bits per heavy atom. The fourth-order valence-corrected chi connectivity index (χ4v) is 3.88. The first-order chi connectivity index (χ1) is 11.6. The molecule has 3 rings (SSSR count). The first-order valence-corrected chi connectivity index (χ1v) is 9.06. The fraction of sp³-hybridized carbons (Fsp3) is 0.353. The van der Waals surface area contributed by atoms with Crippen molar-refractivity contribution < 1.29 is 9.59 Å². The number of nitrogens with zero attached hydrogens (tertiary/aromatic N) is 3. The standard InChI is InChI=1S/C17H20N4O2S/c1-2-20-10-14(9-19-20)15-11-24-8-7-21(15)17(23)13-5-3-12(4-6-13)16(18)22/h3-6,9-10,15H,2,7-8,11H2,1H3,(H2,18,22). The van der Waals surface area contributed by atoms with E-state index in [0.717, 1.165) is 23.6 Å². The summed E-state index contributed by atoms with van der Waals surface area (Å²) >= 11 is 1.85. The van der Waals surface area contributed by atoms with Crippen molar-refractivity contribution in [1.29, 1.82) is 0 Å². The van der Waals surface area contributed by atoms with Crippen molar-refractivity contribution in [3.63, 3.8) is 0 Å². The maximum Gasteiger partial charge on any atom is 0.254 e. The molecule has 1 aliphatic rings. The molecular weight excluding hydrogens is 324 g/mol. The minimum Gasteiger partial charge on any atom is -0.366 e. The Morgan fingerprint density at radius 3 is 2.62 bits per heavy atom. The average Bonchev–Trinajstić information content (AvgIpc) is 3.10. The Kier molecular flexibility index (Phi) is 4.89. The summed E-state index contributed by atoms with van der Waals surface area (Å²) in [7, 11) is 0. The van der Waals surface area contributed by atoms with E-state index in [1.54, 1.807) is 24.3 Å². The molecule has 1 aliphatic heterocycles. The van der Waals surface area contributed by atoms with Crippen LogP contribution in [0, 0.1) is 0 Å². The van der Waals surface area contributed by atoms with Gasteiger partial charge in [0.15, 0.2) is 0 Å². The van der Waals surface area contributed by atoms with Gasteiger partial charge in [0.25, 0.3) is 5.91 Å². The van der Waals surface area contributed by atoms with Gasteiger partial charge in [-0.15, -0.1) is 0 Å². The van der Waals surface area contributed by atoms with Crippen molar-refractivity contribution in [1.82, 2.24) is 14.7 Å². The number of thioether (sulfide) groups is 1. The third-order valence-electron chi connectivity index (χ3n) is 4.17. The van der Waals surface area contributed by atoms with Crippen molar-refractivity contribution in [3.8, 4) is 0 Å². The second kappa shape index (κ2) is 7.09. The second-order valence-electron chi connectivity index (χ2n) is 5.66. The lowest BCUT2D eigenvalue weighted by Gasteiger charge is -2.35. The molecule has 0 saturated carbocycles. The summed E-state index contributed by atoms with van der Waals surface area (Å²) in [4.78, 5) is 26.0. The molecule has 0 aliphatic carbocycles. The van der Waals surface area contributed by atoms with Crippen molar-refractivity contribution in [3.05, 3.63) is 53.3 Å². The molecule has 1 unspecified atom stereocenters. The van der Waals surface area contributed by atoms with Gasteiger partial charge < -0.3 is 10.6 Å². The Labute approximate surface area is 145 Å². The topological polar surface area (TPSA) is 81.2 Å². The smallest absolute Gasteiger partial charge is 0.254 e. The lowest BCUT2D eigenvalue weighted by atomic mass is 10.1. The van der Waals surface area contributed by atoms with E-state index < -0.39 is 5.91 Å². The first-order valence-electron chi connectivity index (χ1n) is 7.91. The van der Waals surface area contributed by atoms with Gasteiger partial charge in [-0.1, -0.05) is 0 Å². The van der Waals surface area contributed by atoms with Crippen molar-refractivity contribution in [2.24, 2.45) is 5.73 Å². The number of carbonyl (C=O) groups excluding carboxylic acids is 2. The number of aromatic nitrogens is 2. The Balaban J connectivity index is 1.84. The van der Waals surface area contributed by atoms with E-state index in [1.807, 2.05) is 40.7 Å². The number of amides is 2. The molecule has 7 heteroatoms. The molecule has 126 valence electrons. The minimum absolute atomic E-state index is 0.0207. The molecule has 2 heterocycles. The molecule has 2 N–H and O–H groups in total. The van der Waals surface area contributed by atoms with Gasteiger partial charge >= 0.3 is 0 Å². The summed E-state index contributed by atoms with van der Waals surface area (Å²) in [5.41, 5.74) is 7.28. The fourth-order valence-electron chi connectivity index (χ4n) is 2.79. The molecule has 2 amide bonds. The van der Waals surface area contributed by atoms with Gasteiger partial charge in [-0.05, 0) is 31.2 Å². The molecular formula is C17H20N4O2S. The highest BCUT2D eigenvalue weighted by Gasteiger charge is 2.30. The van der Waals surface area contributed by atoms with Crippen molar-refractivity contribution in [2.45, 2.75) is 19.5 Å². The van der Waals surface area contributed by atoms with Gasteiger partial charge in [-0.3, -0.25) is 14.3 Å². The largest absolute Gasteiger partial charge is 0.366 e. The van der Waals surface area contributed by atoms with Crippen LogP contribution in [0.2, 0.25) is 0 Å². The number of nitrogens with two attached hydrogens (primary N) is 1. The lowest BCUT2D eigenvalue weighted by Crippen LogP contribution is -2.40. The number of primary amides is 1. The van der Waals surface area contributed by atoms with Crippen LogP contribution < -0.4 is 5.73 Å². The lowest BCUT2D eigenvalue weighted by molar-refractivity contribution is 0.0701. The molecule has 0 radical (unpaired) electrons. The van der Waals surface area contributed by atoms with Crippen LogP contribution in [0.15, 0.2) is 36.7 Å². The van der Waals surface area contributed by atoms with E-state index in [0.29, 0.717) is 17.7 Å². The molecule has 1 aromatic heterocycles. The van der Waals surface area contributed by atoms with E-state index in [9.17, 15) is 9.59 Å². The predicted octanol–water partition coefficient (Wildman–Crippen LogP) is 1.93. The third kappa shape index (κ3) is 3.31. The van der Waals surface area contributed by atoms with Crippen LogP contribution in [0.25, 0.3) is 0 Å². The maximum absolute atomic E-state index is 12.9. The van der Waals surface area contributed by atoms with Crippen LogP contribution in [0.5, 0.6) is 0 Å². The monoisotopic (exact) mass is 344 g/mol. The van der Waals surface area contributed by atoms with E-state index >= 15 is 0 Å².